The molecule has 0 saturated carbocycles. The van der Waals surface area contributed by atoms with Gasteiger partial charge in [0, 0.05) is 18.3 Å². The second kappa shape index (κ2) is 5.68. The predicted molar refractivity (Wildman–Crippen MR) is 57.6 cm³/mol. The summed E-state index contributed by atoms with van der Waals surface area (Å²) < 4.78 is 4.78. The summed E-state index contributed by atoms with van der Waals surface area (Å²) in [6.45, 7) is 2.08. The van der Waals surface area contributed by atoms with Gasteiger partial charge in [-0.3, -0.25) is 9.78 Å². The molecule has 0 aliphatic heterocycles. The number of hydrogen-bond donors (Lipinski definition) is 1. The van der Waals surface area contributed by atoms with Gasteiger partial charge in [-0.25, -0.2) is 0 Å². The van der Waals surface area contributed by atoms with Crippen LogP contribution in [0.3, 0.4) is 0 Å². The molecule has 0 aliphatic carbocycles. The molecular weight excluding hydrogens is 216 g/mol. The smallest absolute Gasteiger partial charge is 0.323 e. The van der Waals surface area contributed by atoms with E-state index in [-0.39, 0.29) is 0 Å². The van der Waals surface area contributed by atoms with Crippen LogP contribution in [0.15, 0.2) is 18.3 Å². The van der Waals surface area contributed by atoms with Gasteiger partial charge >= 0.3 is 5.97 Å². The van der Waals surface area contributed by atoms with Crippen molar-refractivity contribution in [3.63, 3.8) is 0 Å². The van der Waals surface area contributed by atoms with Crippen LogP contribution in [0.5, 0.6) is 0 Å². The molecule has 5 heteroatoms. The van der Waals surface area contributed by atoms with Crippen molar-refractivity contribution < 1.29 is 9.53 Å². The van der Waals surface area contributed by atoms with E-state index < -0.39 is 12.0 Å². The van der Waals surface area contributed by atoms with Crippen molar-refractivity contribution in [2.45, 2.75) is 19.4 Å². The number of esters is 1. The second-order valence-electron chi connectivity index (χ2n) is 3.03. The van der Waals surface area contributed by atoms with Crippen molar-refractivity contribution in [1.82, 2.24) is 4.98 Å². The van der Waals surface area contributed by atoms with Gasteiger partial charge in [0.05, 0.1) is 11.6 Å². The fourth-order valence-electron chi connectivity index (χ4n) is 1.09. The van der Waals surface area contributed by atoms with Crippen LogP contribution in [-0.2, 0) is 16.0 Å². The summed E-state index contributed by atoms with van der Waals surface area (Å²) >= 11 is 5.68. The van der Waals surface area contributed by atoms with Crippen molar-refractivity contribution in [1.29, 1.82) is 0 Å². The van der Waals surface area contributed by atoms with Crippen LogP contribution in [0.2, 0.25) is 5.02 Å². The van der Waals surface area contributed by atoms with Gasteiger partial charge in [0.1, 0.15) is 6.04 Å². The first-order chi connectivity index (χ1) is 7.13. The summed E-state index contributed by atoms with van der Waals surface area (Å²) in [6, 6.07) is 2.78. The number of carbonyl (C=O) groups excluding carboxylic acids is 1. The zero-order valence-corrected chi connectivity index (χ0v) is 9.20. The zero-order valence-electron chi connectivity index (χ0n) is 8.44. The van der Waals surface area contributed by atoms with E-state index in [1.165, 1.54) is 6.20 Å². The van der Waals surface area contributed by atoms with Gasteiger partial charge in [0.25, 0.3) is 0 Å². The number of halogens is 1. The monoisotopic (exact) mass is 228 g/mol. The molecule has 82 valence electrons. The predicted octanol–water partition coefficient (Wildman–Crippen LogP) is 1.17. The third-order valence-corrected chi connectivity index (χ3v) is 2.03. The van der Waals surface area contributed by atoms with Crippen LogP contribution in [0, 0.1) is 0 Å². The van der Waals surface area contributed by atoms with Crippen LogP contribution >= 0.6 is 11.6 Å². The Morgan fingerprint density at radius 2 is 2.40 bits per heavy atom. The molecule has 0 spiro atoms. The zero-order chi connectivity index (χ0) is 11.3. The van der Waals surface area contributed by atoms with Crippen LogP contribution in [0.25, 0.3) is 0 Å². The van der Waals surface area contributed by atoms with Crippen molar-refractivity contribution in [2.24, 2.45) is 5.73 Å². The minimum absolute atomic E-state index is 0.334. The summed E-state index contributed by atoms with van der Waals surface area (Å²) in [5.41, 5.74) is 6.35. The first-order valence-electron chi connectivity index (χ1n) is 4.66. The first kappa shape index (κ1) is 11.9. The Kier molecular flexibility index (Phi) is 4.52. The minimum Gasteiger partial charge on any atom is -0.465 e. The number of nitrogens with two attached hydrogens (primary N) is 1. The standard InChI is InChI=1S/C10H13ClN2O2/c1-2-15-10(14)9(12)5-8-4-3-7(11)6-13-8/h3-4,6,9H,2,5,12H2,1H3. The third kappa shape index (κ3) is 3.85. The van der Waals surface area contributed by atoms with E-state index in [0.717, 1.165) is 5.69 Å². The number of nitrogens with zero attached hydrogens (tertiary/aromatic N) is 1. The largest absolute Gasteiger partial charge is 0.465 e. The van der Waals surface area contributed by atoms with E-state index in [9.17, 15) is 4.79 Å². The maximum Gasteiger partial charge on any atom is 0.323 e. The molecule has 0 bridgehead atoms. The van der Waals surface area contributed by atoms with E-state index in [2.05, 4.69) is 4.98 Å². The minimum atomic E-state index is -0.668. The molecule has 0 aromatic carbocycles. The number of ether oxygens (including phenoxy) is 1. The number of rotatable bonds is 4. The fourth-order valence-corrected chi connectivity index (χ4v) is 1.20. The molecule has 0 saturated heterocycles. The Hall–Kier alpha value is -1.13. The highest BCUT2D eigenvalue weighted by Gasteiger charge is 2.15. The SMILES string of the molecule is CCOC(=O)C(N)Cc1ccc(Cl)cn1. The highest BCUT2D eigenvalue weighted by molar-refractivity contribution is 6.30. The van der Waals surface area contributed by atoms with Crippen LogP contribution in [-0.4, -0.2) is 23.6 Å². The second-order valence-corrected chi connectivity index (χ2v) is 3.47. The molecule has 0 aliphatic rings. The number of pyridine rings is 1. The molecule has 0 amide bonds. The van der Waals surface area contributed by atoms with Gasteiger partial charge in [-0.1, -0.05) is 11.6 Å². The van der Waals surface area contributed by atoms with Crippen LogP contribution in [0.1, 0.15) is 12.6 Å². The van der Waals surface area contributed by atoms with E-state index in [4.69, 9.17) is 22.1 Å². The fraction of sp³-hybridized carbons (Fsp3) is 0.400. The van der Waals surface area contributed by atoms with E-state index in [1.54, 1.807) is 19.1 Å². The molecule has 2 N–H and O–H groups in total. The van der Waals surface area contributed by atoms with E-state index in [1.807, 2.05) is 0 Å². The van der Waals surface area contributed by atoms with Crippen molar-refractivity contribution in [2.75, 3.05) is 6.61 Å². The van der Waals surface area contributed by atoms with Crippen molar-refractivity contribution in [3.8, 4) is 0 Å². The third-order valence-electron chi connectivity index (χ3n) is 1.81. The van der Waals surface area contributed by atoms with Crippen LogP contribution in [0.4, 0.5) is 0 Å². The topological polar surface area (TPSA) is 65.2 Å². The van der Waals surface area contributed by atoms with Gasteiger partial charge in [0.15, 0.2) is 0 Å². The maximum absolute atomic E-state index is 11.2. The molecule has 0 radical (unpaired) electrons. The number of aromatic nitrogens is 1. The van der Waals surface area contributed by atoms with Crippen LogP contribution < -0.4 is 5.73 Å². The van der Waals surface area contributed by atoms with Crippen molar-refractivity contribution in [3.05, 3.63) is 29.0 Å². The van der Waals surface area contributed by atoms with Gasteiger partial charge in [0.2, 0.25) is 0 Å². The van der Waals surface area contributed by atoms with Gasteiger partial charge < -0.3 is 10.5 Å². The maximum atomic E-state index is 11.2. The summed E-state index contributed by atoms with van der Waals surface area (Å²) in [4.78, 5) is 15.3. The van der Waals surface area contributed by atoms with Gasteiger partial charge in [-0.15, -0.1) is 0 Å². The molecule has 0 fully saturated rings. The molecule has 1 aromatic rings. The lowest BCUT2D eigenvalue weighted by Crippen LogP contribution is -2.34. The van der Waals surface area contributed by atoms with E-state index >= 15 is 0 Å². The summed E-state index contributed by atoms with van der Waals surface area (Å²) in [5.74, 6) is -0.408. The Labute approximate surface area is 93.4 Å². The molecule has 1 unspecified atom stereocenters. The Bertz CT molecular complexity index is 327. The quantitative estimate of drug-likeness (QED) is 0.786. The highest BCUT2D eigenvalue weighted by atomic mass is 35.5. The van der Waals surface area contributed by atoms with Crippen molar-refractivity contribution >= 4 is 17.6 Å². The molecular formula is C10H13ClN2O2. The highest BCUT2D eigenvalue weighted by Crippen LogP contribution is 2.07. The molecule has 15 heavy (non-hydrogen) atoms. The number of carbonyl (C=O) groups is 1. The average molecular weight is 229 g/mol. The summed E-state index contributed by atoms with van der Waals surface area (Å²) in [7, 11) is 0. The lowest BCUT2D eigenvalue weighted by Gasteiger charge is -2.09. The summed E-state index contributed by atoms with van der Waals surface area (Å²) in [5, 5.41) is 0.559. The Balaban J connectivity index is 2.54. The molecule has 4 nitrogen and oxygen atoms in total. The lowest BCUT2D eigenvalue weighted by molar-refractivity contribution is -0.144. The molecule has 1 heterocycles. The molecule has 1 aromatic heterocycles. The van der Waals surface area contributed by atoms with Gasteiger partial charge in [-0.2, -0.15) is 0 Å². The average Bonchev–Trinajstić information content (AvgIpc) is 2.22. The normalized spacial score (nSPS) is 12.2. The molecule has 1 rings (SSSR count). The number of hydrogen-bond acceptors (Lipinski definition) is 4. The molecule has 1 atom stereocenters. The first-order valence-corrected chi connectivity index (χ1v) is 5.04. The van der Waals surface area contributed by atoms with Gasteiger partial charge in [-0.05, 0) is 19.1 Å². The Morgan fingerprint density at radius 3 is 2.93 bits per heavy atom. The summed E-state index contributed by atoms with van der Waals surface area (Å²) in [6.07, 6.45) is 1.88. The lowest BCUT2D eigenvalue weighted by atomic mass is 10.1. The Morgan fingerprint density at radius 1 is 1.67 bits per heavy atom. The van der Waals surface area contributed by atoms with E-state index in [0.29, 0.717) is 18.1 Å².